The van der Waals surface area contributed by atoms with Crippen LogP contribution in [0.2, 0.25) is 0 Å². The van der Waals surface area contributed by atoms with Crippen LogP contribution in [0.5, 0.6) is 0 Å². The number of hydrogen-bond donors (Lipinski definition) is 0. The molecule has 0 fully saturated rings. The van der Waals surface area contributed by atoms with Gasteiger partial charge < -0.3 is 0 Å². The SMILES string of the molecule is Brc1ccc(-c2ccncc2)cc1. The third-order valence-electron chi connectivity index (χ3n) is 1.86. The third-order valence-corrected chi connectivity index (χ3v) is 2.39. The lowest BCUT2D eigenvalue weighted by Crippen LogP contribution is -1.77. The van der Waals surface area contributed by atoms with Crippen molar-refractivity contribution in [1.82, 2.24) is 4.98 Å². The Hall–Kier alpha value is -1.15. The van der Waals surface area contributed by atoms with E-state index in [2.05, 4.69) is 33.0 Å². The molecule has 1 nitrogen and oxygen atoms in total. The first kappa shape index (κ1) is 8.45. The van der Waals surface area contributed by atoms with Gasteiger partial charge in [-0.15, -0.1) is 0 Å². The predicted octanol–water partition coefficient (Wildman–Crippen LogP) is 3.51. The summed E-state index contributed by atoms with van der Waals surface area (Å²) in [5, 5.41) is 0. The molecule has 1 heterocycles. The van der Waals surface area contributed by atoms with Gasteiger partial charge in [-0.05, 0) is 35.4 Å². The van der Waals surface area contributed by atoms with Crippen molar-refractivity contribution in [3.05, 3.63) is 53.3 Å². The molecular formula is C11H8BrN. The fourth-order valence-corrected chi connectivity index (χ4v) is 1.45. The lowest BCUT2D eigenvalue weighted by atomic mass is 10.1. The van der Waals surface area contributed by atoms with Gasteiger partial charge in [-0.1, -0.05) is 28.1 Å². The smallest absolute Gasteiger partial charge is 0.0273 e. The molecule has 1 aromatic carbocycles. The number of hydrogen-bond acceptors (Lipinski definition) is 1. The summed E-state index contributed by atoms with van der Waals surface area (Å²) >= 11 is 3.41. The minimum Gasteiger partial charge on any atom is -0.265 e. The molecule has 64 valence electrons. The first-order valence-electron chi connectivity index (χ1n) is 4.02. The molecule has 0 spiro atoms. The predicted molar refractivity (Wildman–Crippen MR) is 57.4 cm³/mol. The van der Waals surface area contributed by atoms with Crippen LogP contribution in [-0.4, -0.2) is 4.98 Å². The van der Waals surface area contributed by atoms with Crippen LogP contribution in [0, 0.1) is 0 Å². The Labute approximate surface area is 85.6 Å². The molecule has 0 amide bonds. The molecule has 2 heteroatoms. The summed E-state index contributed by atoms with van der Waals surface area (Å²) in [6, 6.07) is 12.2. The Morgan fingerprint density at radius 1 is 0.769 bits per heavy atom. The highest BCUT2D eigenvalue weighted by atomic mass is 79.9. The first-order valence-corrected chi connectivity index (χ1v) is 4.81. The lowest BCUT2D eigenvalue weighted by molar-refractivity contribution is 1.33. The van der Waals surface area contributed by atoms with E-state index < -0.39 is 0 Å². The van der Waals surface area contributed by atoms with Gasteiger partial charge in [-0.25, -0.2) is 0 Å². The Balaban J connectivity index is 2.42. The Morgan fingerprint density at radius 2 is 1.31 bits per heavy atom. The van der Waals surface area contributed by atoms with E-state index in [0.717, 1.165) is 4.47 Å². The van der Waals surface area contributed by atoms with Crippen LogP contribution < -0.4 is 0 Å². The molecule has 0 radical (unpaired) electrons. The number of halogens is 1. The zero-order valence-electron chi connectivity index (χ0n) is 6.94. The van der Waals surface area contributed by atoms with Gasteiger partial charge in [-0.3, -0.25) is 4.98 Å². The van der Waals surface area contributed by atoms with Crippen molar-refractivity contribution >= 4 is 15.9 Å². The molecule has 0 aliphatic carbocycles. The molecule has 0 aliphatic rings. The van der Waals surface area contributed by atoms with Crippen LogP contribution in [0.1, 0.15) is 0 Å². The highest BCUT2D eigenvalue weighted by molar-refractivity contribution is 9.10. The molecule has 0 saturated heterocycles. The number of rotatable bonds is 1. The molecule has 0 saturated carbocycles. The fraction of sp³-hybridized carbons (Fsp3) is 0. The summed E-state index contributed by atoms with van der Waals surface area (Å²) in [6.07, 6.45) is 3.61. The summed E-state index contributed by atoms with van der Waals surface area (Å²) in [5.41, 5.74) is 2.41. The summed E-state index contributed by atoms with van der Waals surface area (Å²) in [5.74, 6) is 0. The van der Waals surface area contributed by atoms with Gasteiger partial charge in [0.15, 0.2) is 0 Å². The second-order valence-corrected chi connectivity index (χ2v) is 3.66. The summed E-state index contributed by atoms with van der Waals surface area (Å²) < 4.78 is 1.10. The third kappa shape index (κ3) is 1.95. The van der Waals surface area contributed by atoms with Crippen molar-refractivity contribution in [1.29, 1.82) is 0 Å². The zero-order chi connectivity index (χ0) is 9.10. The highest BCUT2D eigenvalue weighted by Crippen LogP contribution is 2.20. The second kappa shape index (κ2) is 3.71. The molecule has 0 bridgehead atoms. The van der Waals surface area contributed by atoms with Crippen molar-refractivity contribution in [3.63, 3.8) is 0 Å². The molecule has 2 rings (SSSR count). The Bertz CT molecular complexity index is 381. The second-order valence-electron chi connectivity index (χ2n) is 2.74. The first-order chi connectivity index (χ1) is 6.36. The Morgan fingerprint density at radius 3 is 1.92 bits per heavy atom. The van der Waals surface area contributed by atoms with E-state index in [9.17, 15) is 0 Å². The van der Waals surface area contributed by atoms with Crippen molar-refractivity contribution < 1.29 is 0 Å². The fourth-order valence-electron chi connectivity index (χ4n) is 1.19. The van der Waals surface area contributed by atoms with Crippen molar-refractivity contribution in [2.75, 3.05) is 0 Å². The summed E-state index contributed by atoms with van der Waals surface area (Å²) in [4.78, 5) is 3.98. The van der Waals surface area contributed by atoms with Gasteiger partial charge >= 0.3 is 0 Å². The van der Waals surface area contributed by atoms with Crippen LogP contribution in [-0.2, 0) is 0 Å². The Kier molecular flexibility index (Phi) is 2.41. The van der Waals surface area contributed by atoms with E-state index >= 15 is 0 Å². The van der Waals surface area contributed by atoms with Crippen LogP contribution in [0.4, 0.5) is 0 Å². The van der Waals surface area contributed by atoms with Crippen LogP contribution in [0.25, 0.3) is 11.1 Å². The summed E-state index contributed by atoms with van der Waals surface area (Å²) in [6.45, 7) is 0. The van der Waals surface area contributed by atoms with E-state index in [-0.39, 0.29) is 0 Å². The molecule has 0 aliphatic heterocycles. The van der Waals surface area contributed by atoms with Gasteiger partial charge in [0.2, 0.25) is 0 Å². The largest absolute Gasteiger partial charge is 0.265 e. The number of benzene rings is 1. The average molecular weight is 234 g/mol. The standard InChI is InChI=1S/C11H8BrN/c12-11-3-1-9(2-4-11)10-5-7-13-8-6-10/h1-8H. The zero-order valence-corrected chi connectivity index (χ0v) is 8.53. The van der Waals surface area contributed by atoms with E-state index in [4.69, 9.17) is 0 Å². The minimum atomic E-state index is 1.10. The van der Waals surface area contributed by atoms with Gasteiger partial charge in [0.05, 0.1) is 0 Å². The number of pyridine rings is 1. The topological polar surface area (TPSA) is 12.9 Å². The maximum absolute atomic E-state index is 3.98. The van der Waals surface area contributed by atoms with Gasteiger partial charge in [-0.2, -0.15) is 0 Å². The van der Waals surface area contributed by atoms with Crippen molar-refractivity contribution in [2.45, 2.75) is 0 Å². The molecule has 0 unspecified atom stereocenters. The number of aromatic nitrogens is 1. The molecule has 0 atom stereocenters. The van der Waals surface area contributed by atoms with E-state index in [0.29, 0.717) is 0 Å². The van der Waals surface area contributed by atoms with Gasteiger partial charge in [0, 0.05) is 16.9 Å². The molecule has 1 aromatic heterocycles. The number of nitrogens with zero attached hydrogens (tertiary/aromatic N) is 1. The normalized spacial score (nSPS) is 9.92. The van der Waals surface area contributed by atoms with Crippen LogP contribution in [0.3, 0.4) is 0 Å². The summed E-state index contributed by atoms with van der Waals surface area (Å²) in [7, 11) is 0. The molecule has 13 heavy (non-hydrogen) atoms. The van der Waals surface area contributed by atoms with Gasteiger partial charge in [0.25, 0.3) is 0 Å². The maximum Gasteiger partial charge on any atom is 0.0273 e. The van der Waals surface area contributed by atoms with Crippen molar-refractivity contribution in [3.8, 4) is 11.1 Å². The maximum atomic E-state index is 3.98. The lowest BCUT2D eigenvalue weighted by Gasteiger charge is -1.99. The molecule has 2 aromatic rings. The molecular weight excluding hydrogens is 226 g/mol. The monoisotopic (exact) mass is 233 g/mol. The van der Waals surface area contributed by atoms with E-state index in [1.807, 2.05) is 24.3 Å². The highest BCUT2D eigenvalue weighted by Gasteiger charge is 1.94. The quantitative estimate of drug-likeness (QED) is 0.735. The molecule has 0 N–H and O–H groups in total. The van der Waals surface area contributed by atoms with Crippen LogP contribution in [0.15, 0.2) is 53.3 Å². The minimum absolute atomic E-state index is 1.10. The van der Waals surface area contributed by atoms with Crippen molar-refractivity contribution in [2.24, 2.45) is 0 Å². The van der Waals surface area contributed by atoms with E-state index in [1.54, 1.807) is 12.4 Å². The van der Waals surface area contributed by atoms with E-state index in [1.165, 1.54) is 11.1 Å². The van der Waals surface area contributed by atoms with Crippen LogP contribution >= 0.6 is 15.9 Å². The van der Waals surface area contributed by atoms with Gasteiger partial charge in [0.1, 0.15) is 0 Å². The average Bonchev–Trinajstić information content (AvgIpc) is 2.20.